The first kappa shape index (κ1) is 12.1. The maximum Gasteiger partial charge on any atom is 0.192 e. The van der Waals surface area contributed by atoms with Crippen molar-refractivity contribution in [1.29, 1.82) is 0 Å². The van der Waals surface area contributed by atoms with E-state index in [2.05, 4.69) is 4.98 Å². The Labute approximate surface area is 107 Å². The number of nitrogens with zero attached hydrogens (tertiary/aromatic N) is 1. The largest absolute Gasteiger partial charge is 0.378 e. The summed E-state index contributed by atoms with van der Waals surface area (Å²) in [6, 6.07) is 2.26. The number of aromatic amines is 1. The normalized spacial score (nSPS) is 16.0. The summed E-state index contributed by atoms with van der Waals surface area (Å²) in [6.45, 7) is 1.95. The van der Waals surface area contributed by atoms with Crippen LogP contribution in [0.1, 0.15) is 0 Å². The van der Waals surface area contributed by atoms with Gasteiger partial charge in [-0.3, -0.25) is 4.79 Å². The lowest BCUT2D eigenvalue weighted by molar-refractivity contribution is 0.122. The standard InChI is InChI=1S/C13H12F2N2O2/c14-8-7-9(17-3-5-19-6-4-17)12(15)13-11(8)10(18)1-2-16-13/h1-2,7H,3-6H2,(H,16,18). The number of morpholine rings is 1. The first-order valence-corrected chi connectivity index (χ1v) is 6.00. The maximum absolute atomic E-state index is 14.4. The molecule has 1 aromatic heterocycles. The average molecular weight is 266 g/mol. The van der Waals surface area contributed by atoms with Gasteiger partial charge in [0.2, 0.25) is 0 Å². The zero-order valence-corrected chi connectivity index (χ0v) is 10.1. The summed E-state index contributed by atoms with van der Waals surface area (Å²) >= 11 is 0. The molecule has 19 heavy (non-hydrogen) atoms. The molecule has 1 aliphatic heterocycles. The Kier molecular flexibility index (Phi) is 2.94. The minimum Gasteiger partial charge on any atom is -0.378 e. The zero-order chi connectivity index (χ0) is 13.4. The van der Waals surface area contributed by atoms with Crippen molar-refractivity contribution < 1.29 is 13.5 Å². The molecule has 0 atom stereocenters. The van der Waals surface area contributed by atoms with Gasteiger partial charge >= 0.3 is 0 Å². The lowest BCUT2D eigenvalue weighted by atomic mass is 10.1. The van der Waals surface area contributed by atoms with Gasteiger partial charge in [0, 0.05) is 31.4 Å². The number of anilines is 1. The van der Waals surface area contributed by atoms with Gasteiger partial charge < -0.3 is 14.6 Å². The fourth-order valence-electron chi connectivity index (χ4n) is 2.31. The van der Waals surface area contributed by atoms with E-state index in [0.717, 1.165) is 6.07 Å². The molecule has 6 heteroatoms. The molecule has 4 nitrogen and oxygen atoms in total. The molecule has 2 aromatic rings. The first-order chi connectivity index (χ1) is 9.18. The van der Waals surface area contributed by atoms with Gasteiger partial charge in [-0.15, -0.1) is 0 Å². The SMILES string of the molecule is O=c1cc[nH]c2c(F)c(N3CCOCC3)cc(F)c12. The molecule has 1 saturated heterocycles. The topological polar surface area (TPSA) is 45.3 Å². The monoisotopic (exact) mass is 266 g/mol. The van der Waals surface area contributed by atoms with E-state index in [4.69, 9.17) is 4.74 Å². The van der Waals surface area contributed by atoms with E-state index in [9.17, 15) is 13.6 Å². The third kappa shape index (κ3) is 1.98. The molecule has 0 radical (unpaired) electrons. The van der Waals surface area contributed by atoms with Crippen LogP contribution in [0.5, 0.6) is 0 Å². The quantitative estimate of drug-likeness (QED) is 0.853. The van der Waals surface area contributed by atoms with Crippen LogP contribution in [0.2, 0.25) is 0 Å². The van der Waals surface area contributed by atoms with Crippen LogP contribution in [0.25, 0.3) is 10.9 Å². The summed E-state index contributed by atoms with van der Waals surface area (Å²) in [4.78, 5) is 15.9. The summed E-state index contributed by atoms with van der Waals surface area (Å²) in [5.74, 6) is -1.31. The van der Waals surface area contributed by atoms with Gasteiger partial charge in [-0.2, -0.15) is 0 Å². The Balaban J connectivity index is 2.22. The minimum atomic E-state index is -0.709. The number of aromatic nitrogens is 1. The van der Waals surface area contributed by atoms with E-state index >= 15 is 0 Å². The fraction of sp³-hybridized carbons (Fsp3) is 0.308. The number of ether oxygens (including phenoxy) is 1. The highest BCUT2D eigenvalue weighted by Crippen LogP contribution is 2.27. The van der Waals surface area contributed by atoms with Gasteiger partial charge in [-0.1, -0.05) is 0 Å². The number of fused-ring (bicyclic) bond motifs is 1. The summed E-state index contributed by atoms with van der Waals surface area (Å²) in [5, 5.41) is -0.239. The van der Waals surface area contributed by atoms with E-state index in [-0.39, 0.29) is 16.6 Å². The molecular formula is C13H12F2N2O2. The third-order valence-corrected chi connectivity index (χ3v) is 3.26. The Morgan fingerprint density at radius 2 is 2.00 bits per heavy atom. The molecule has 0 saturated carbocycles. The summed E-state index contributed by atoms with van der Waals surface area (Å²) in [6.07, 6.45) is 1.32. The summed E-state index contributed by atoms with van der Waals surface area (Å²) in [5.41, 5.74) is -0.456. The van der Waals surface area contributed by atoms with Crippen molar-refractivity contribution in [3.05, 3.63) is 40.2 Å². The molecule has 1 aromatic carbocycles. The van der Waals surface area contributed by atoms with Crippen LogP contribution in [-0.4, -0.2) is 31.3 Å². The molecule has 2 heterocycles. The highest BCUT2D eigenvalue weighted by Gasteiger charge is 2.20. The van der Waals surface area contributed by atoms with Crippen molar-refractivity contribution in [3.63, 3.8) is 0 Å². The second kappa shape index (κ2) is 4.62. The molecule has 0 amide bonds. The lowest BCUT2D eigenvalue weighted by Crippen LogP contribution is -2.37. The van der Waals surface area contributed by atoms with Crippen molar-refractivity contribution >= 4 is 16.6 Å². The van der Waals surface area contributed by atoms with Crippen molar-refractivity contribution in [2.24, 2.45) is 0 Å². The van der Waals surface area contributed by atoms with E-state index in [1.807, 2.05) is 0 Å². The first-order valence-electron chi connectivity index (χ1n) is 6.00. The maximum atomic E-state index is 14.4. The second-order valence-corrected chi connectivity index (χ2v) is 4.38. The molecule has 1 aliphatic rings. The minimum absolute atomic E-state index is 0.0889. The van der Waals surface area contributed by atoms with Gasteiger partial charge in [0.15, 0.2) is 11.2 Å². The van der Waals surface area contributed by atoms with Gasteiger partial charge in [-0.05, 0) is 0 Å². The number of H-pyrrole nitrogens is 1. The predicted octanol–water partition coefficient (Wildman–Crippen LogP) is 1.64. The van der Waals surface area contributed by atoms with Gasteiger partial charge in [0.25, 0.3) is 0 Å². The Morgan fingerprint density at radius 3 is 2.74 bits per heavy atom. The molecule has 100 valence electrons. The van der Waals surface area contributed by atoms with Crippen molar-refractivity contribution in [3.8, 4) is 0 Å². The Bertz CT molecular complexity index is 678. The lowest BCUT2D eigenvalue weighted by Gasteiger charge is -2.29. The van der Waals surface area contributed by atoms with Gasteiger partial charge in [-0.25, -0.2) is 8.78 Å². The number of rotatable bonds is 1. The fourth-order valence-corrected chi connectivity index (χ4v) is 2.31. The zero-order valence-electron chi connectivity index (χ0n) is 10.1. The average Bonchev–Trinajstić information content (AvgIpc) is 2.43. The number of hydrogen-bond donors (Lipinski definition) is 1. The smallest absolute Gasteiger partial charge is 0.192 e. The van der Waals surface area contributed by atoms with Crippen LogP contribution < -0.4 is 10.3 Å². The van der Waals surface area contributed by atoms with Crippen molar-refractivity contribution in [1.82, 2.24) is 4.98 Å². The van der Waals surface area contributed by atoms with E-state index in [0.29, 0.717) is 26.3 Å². The van der Waals surface area contributed by atoms with Crippen molar-refractivity contribution in [2.75, 3.05) is 31.2 Å². The molecule has 0 spiro atoms. The second-order valence-electron chi connectivity index (χ2n) is 4.38. The number of pyridine rings is 1. The number of benzene rings is 1. The van der Waals surface area contributed by atoms with Crippen LogP contribution in [0.4, 0.5) is 14.5 Å². The van der Waals surface area contributed by atoms with E-state index < -0.39 is 17.1 Å². The number of hydrogen-bond acceptors (Lipinski definition) is 3. The van der Waals surface area contributed by atoms with Crippen LogP contribution in [0, 0.1) is 11.6 Å². The van der Waals surface area contributed by atoms with Crippen LogP contribution in [0.3, 0.4) is 0 Å². The van der Waals surface area contributed by atoms with Crippen LogP contribution in [0.15, 0.2) is 23.1 Å². The van der Waals surface area contributed by atoms with E-state index in [1.54, 1.807) is 4.90 Å². The van der Waals surface area contributed by atoms with Crippen LogP contribution >= 0.6 is 0 Å². The van der Waals surface area contributed by atoms with Crippen molar-refractivity contribution in [2.45, 2.75) is 0 Å². The Morgan fingerprint density at radius 1 is 1.26 bits per heavy atom. The highest BCUT2D eigenvalue weighted by atomic mass is 19.1. The van der Waals surface area contributed by atoms with Crippen LogP contribution in [-0.2, 0) is 4.74 Å². The molecular weight excluding hydrogens is 254 g/mol. The van der Waals surface area contributed by atoms with E-state index in [1.165, 1.54) is 12.3 Å². The number of halogens is 2. The predicted molar refractivity (Wildman–Crippen MR) is 67.5 cm³/mol. The molecule has 0 aliphatic carbocycles. The Hall–Kier alpha value is -1.95. The molecule has 1 N–H and O–H groups in total. The summed E-state index contributed by atoms with van der Waals surface area (Å²) in [7, 11) is 0. The number of nitrogens with one attached hydrogen (secondary N) is 1. The molecule has 3 rings (SSSR count). The summed E-state index contributed by atoms with van der Waals surface area (Å²) < 4.78 is 33.6. The molecule has 0 unspecified atom stereocenters. The molecule has 0 bridgehead atoms. The molecule has 1 fully saturated rings. The van der Waals surface area contributed by atoms with Gasteiger partial charge in [0.05, 0.1) is 29.8 Å². The highest BCUT2D eigenvalue weighted by molar-refractivity contribution is 5.83. The van der Waals surface area contributed by atoms with Gasteiger partial charge in [0.1, 0.15) is 5.82 Å². The third-order valence-electron chi connectivity index (χ3n) is 3.26.